The molecule has 0 fully saturated rings. The molecule has 15 heavy (non-hydrogen) atoms. The smallest absolute Gasteiger partial charge is 0.332 e. The number of urea groups is 1. The fourth-order valence-electron chi connectivity index (χ4n) is 1.22. The zero-order valence-electron chi connectivity index (χ0n) is 8.65. The Balaban J connectivity index is 2.89. The first-order valence-corrected chi connectivity index (χ1v) is 4.37. The van der Waals surface area contributed by atoms with Crippen molar-refractivity contribution < 1.29 is 9.53 Å². The molecule has 0 aliphatic rings. The number of primary amides is 1. The molecule has 0 spiro atoms. The molecule has 0 unspecified atom stereocenters. The normalized spacial score (nSPS) is 10.3. The number of aryl methyl sites for hydroxylation is 1. The fourth-order valence-corrected chi connectivity index (χ4v) is 1.22. The van der Waals surface area contributed by atoms with E-state index in [9.17, 15) is 4.79 Å². The van der Waals surface area contributed by atoms with Crippen LogP contribution >= 0.6 is 0 Å². The molecule has 3 N–H and O–H groups in total. The van der Waals surface area contributed by atoms with E-state index in [1.807, 2.05) is 25.1 Å². The minimum Gasteiger partial charge on any atom is -0.496 e. The predicted molar refractivity (Wildman–Crippen MR) is 58.0 cm³/mol. The number of methoxy groups -OCH3 is 1. The minimum atomic E-state index is -0.696. The molecule has 0 saturated heterocycles. The average Bonchev–Trinajstić information content (AvgIpc) is 2.17. The highest BCUT2D eigenvalue weighted by Crippen LogP contribution is 2.20. The molecule has 5 heteroatoms. The molecule has 0 bridgehead atoms. The Morgan fingerprint density at radius 2 is 2.33 bits per heavy atom. The van der Waals surface area contributed by atoms with Gasteiger partial charge in [0.05, 0.1) is 13.3 Å². The van der Waals surface area contributed by atoms with Crippen molar-refractivity contribution in [3.63, 3.8) is 0 Å². The van der Waals surface area contributed by atoms with Gasteiger partial charge in [-0.25, -0.2) is 10.2 Å². The first-order chi connectivity index (χ1) is 7.15. The van der Waals surface area contributed by atoms with E-state index in [4.69, 9.17) is 10.5 Å². The van der Waals surface area contributed by atoms with E-state index >= 15 is 0 Å². The molecule has 0 aliphatic heterocycles. The van der Waals surface area contributed by atoms with Crippen molar-refractivity contribution in [3.05, 3.63) is 29.3 Å². The number of carbonyl (C=O) groups excluding carboxylic acids is 1. The lowest BCUT2D eigenvalue weighted by atomic mass is 10.1. The van der Waals surface area contributed by atoms with Crippen LogP contribution in [0.2, 0.25) is 0 Å². The summed E-state index contributed by atoms with van der Waals surface area (Å²) in [4.78, 5) is 10.4. The summed E-state index contributed by atoms with van der Waals surface area (Å²) < 4.78 is 5.20. The number of para-hydroxylation sites is 1. The van der Waals surface area contributed by atoms with Crippen molar-refractivity contribution in [3.8, 4) is 5.75 Å². The Labute approximate surface area is 87.9 Å². The van der Waals surface area contributed by atoms with Gasteiger partial charge in [-0.05, 0) is 18.6 Å². The number of amides is 2. The average molecular weight is 207 g/mol. The third-order valence-electron chi connectivity index (χ3n) is 1.82. The molecule has 0 saturated carbocycles. The van der Waals surface area contributed by atoms with Crippen LogP contribution in [0.25, 0.3) is 0 Å². The van der Waals surface area contributed by atoms with Gasteiger partial charge in [-0.2, -0.15) is 5.10 Å². The molecule has 2 amide bonds. The van der Waals surface area contributed by atoms with Crippen LogP contribution in [0.3, 0.4) is 0 Å². The van der Waals surface area contributed by atoms with Crippen molar-refractivity contribution in [2.24, 2.45) is 10.8 Å². The molecule has 0 radical (unpaired) electrons. The Morgan fingerprint density at radius 1 is 1.60 bits per heavy atom. The number of nitrogens with two attached hydrogens (primary N) is 1. The van der Waals surface area contributed by atoms with Gasteiger partial charge in [0.15, 0.2) is 0 Å². The van der Waals surface area contributed by atoms with Crippen LogP contribution < -0.4 is 15.9 Å². The Kier molecular flexibility index (Phi) is 3.68. The standard InChI is InChI=1S/C10H13N3O2/c1-7-4-3-5-8(9(7)15-2)6-12-13-10(11)14/h3-6H,1-2H3,(H3,11,13,14). The number of nitrogens with one attached hydrogen (secondary N) is 1. The quantitative estimate of drug-likeness (QED) is 0.573. The summed E-state index contributed by atoms with van der Waals surface area (Å²) in [5, 5.41) is 3.66. The summed E-state index contributed by atoms with van der Waals surface area (Å²) in [6.07, 6.45) is 1.48. The zero-order chi connectivity index (χ0) is 11.3. The molecule has 0 atom stereocenters. The van der Waals surface area contributed by atoms with Crippen molar-refractivity contribution in [2.75, 3.05) is 7.11 Å². The number of benzene rings is 1. The molecule has 80 valence electrons. The molecule has 1 aromatic rings. The van der Waals surface area contributed by atoms with Crippen LogP contribution in [0.5, 0.6) is 5.75 Å². The van der Waals surface area contributed by atoms with Crippen molar-refractivity contribution in [1.82, 2.24) is 5.43 Å². The van der Waals surface area contributed by atoms with Gasteiger partial charge < -0.3 is 10.5 Å². The summed E-state index contributed by atoms with van der Waals surface area (Å²) in [5.41, 5.74) is 8.76. The number of ether oxygens (including phenoxy) is 1. The molecular weight excluding hydrogens is 194 g/mol. The third kappa shape index (κ3) is 2.98. The summed E-state index contributed by atoms with van der Waals surface area (Å²) in [6, 6.07) is 4.94. The van der Waals surface area contributed by atoms with Crippen molar-refractivity contribution in [2.45, 2.75) is 6.92 Å². The molecule has 0 aromatic heterocycles. The third-order valence-corrected chi connectivity index (χ3v) is 1.82. The number of hydrogen-bond donors (Lipinski definition) is 2. The second-order valence-corrected chi connectivity index (χ2v) is 2.93. The topological polar surface area (TPSA) is 76.7 Å². The van der Waals surface area contributed by atoms with Gasteiger partial charge in [0.2, 0.25) is 0 Å². The van der Waals surface area contributed by atoms with E-state index in [2.05, 4.69) is 10.5 Å². The molecule has 1 rings (SSSR count). The number of carbonyl (C=O) groups is 1. The minimum absolute atomic E-state index is 0.696. The van der Waals surface area contributed by atoms with Crippen LogP contribution in [-0.2, 0) is 0 Å². The number of hydrazone groups is 1. The monoisotopic (exact) mass is 207 g/mol. The molecule has 0 heterocycles. The SMILES string of the molecule is COc1c(C)cccc1C=NNC(N)=O. The summed E-state index contributed by atoms with van der Waals surface area (Å²) in [5.74, 6) is 0.729. The maximum absolute atomic E-state index is 10.4. The summed E-state index contributed by atoms with van der Waals surface area (Å²) in [6.45, 7) is 1.93. The first kappa shape index (κ1) is 11.0. The maximum Gasteiger partial charge on any atom is 0.332 e. The van der Waals surface area contributed by atoms with Crippen LogP contribution in [0.1, 0.15) is 11.1 Å². The van der Waals surface area contributed by atoms with E-state index in [-0.39, 0.29) is 0 Å². The Morgan fingerprint density at radius 3 is 2.93 bits per heavy atom. The number of nitrogens with zero attached hydrogens (tertiary/aromatic N) is 1. The lowest BCUT2D eigenvalue weighted by molar-refractivity contribution is 0.249. The largest absolute Gasteiger partial charge is 0.496 e. The van der Waals surface area contributed by atoms with E-state index < -0.39 is 6.03 Å². The lowest BCUT2D eigenvalue weighted by Gasteiger charge is -2.06. The number of hydrogen-bond acceptors (Lipinski definition) is 3. The molecule has 0 aliphatic carbocycles. The number of rotatable bonds is 3. The second kappa shape index (κ2) is 4.99. The highest BCUT2D eigenvalue weighted by molar-refractivity contribution is 5.85. The van der Waals surface area contributed by atoms with E-state index in [1.54, 1.807) is 7.11 Å². The van der Waals surface area contributed by atoms with Crippen LogP contribution in [0.4, 0.5) is 4.79 Å². The Hall–Kier alpha value is -2.04. The van der Waals surface area contributed by atoms with E-state index in [0.29, 0.717) is 0 Å². The van der Waals surface area contributed by atoms with Gasteiger partial charge in [-0.15, -0.1) is 0 Å². The predicted octanol–water partition coefficient (Wildman–Crippen LogP) is 1.01. The fraction of sp³-hybridized carbons (Fsp3) is 0.200. The zero-order valence-corrected chi connectivity index (χ0v) is 8.65. The molecule has 5 nitrogen and oxygen atoms in total. The molecular formula is C10H13N3O2. The van der Waals surface area contributed by atoms with Gasteiger partial charge in [0, 0.05) is 5.56 Å². The first-order valence-electron chi connectivity index (χ1n) is 4.37. The maximum atomic E-state index is 10.4. The van der Waals surface area contributed by atoms with E-state index in [0.717, 1.165) is 16.9 Å². The highest BCUT2D eigenvalue weighted by atomic mass is 16.5. The Bertz CT molecular complexity index is 388. The van der Waals surface area contributed by atoms with Crippen molar-refractivity contribution in [1.29, 1.82) is 0 Å². The van der Waals surface area contributed by atoms with Gasteiger partial charge in [-0.3, -0.25) is 0 Å². The van der Waals surface area contributed by atoms with Gasteiger partial charge >= 0.3 is 6.03 Å². The molecule has 1 aromatic carbocycles. The van der Waals surface area contributed by atoms with Crippen LogP contribution in [0, 0.1) is 6.92 Å². The summed E-state index contributed by atoms with van der Waals surface area (Å²) in [7, 11) is 1.58. The van der Waals surface area contributed by atoms with Crippen LogP contribution in [0.15, 0.2) is 23.3 Å². The lowest BCUT2D eigenvalue weighted by Crippen LogP contribution is -2.24. The second-order valence-electron chi connectivity index (χ2n) is 2.93. The van der Waals surface area contributed by atoms with Crippen LogP contribution in [-0.4, -0.2) is 19.4 Å². The van der Waals surface area contributed by atoms with Gasteiger partial charge in [0.25, 0.3) is 0 Å². The van der Waals surface area contributed by atoms with Crippen molar-refractivity contribution >= 4 is 12.2 Å². The highest BCUT2D eigenvalue weighted by Gasteiger charge is 2.02. The van der Waals surface area contributed by atoms with Gasteiger partial charge in [-0.1, -0.05) is 12.1 Å². The van der Waals surface area contributed by atoms with Gasteiger partial charge in [0.1, 0.15) is 5.75 Å². The van der Waals surface area contributed by atoms with E-state index in [1.165, 1.54) is 6.21 Å². The summed E-state index contributed by atoms with van der Waals surface area (Å²) >= 11 is 0.